The van der Waals surface area contributed by atoms with E-state index in [0.717, 1.165) is 0 Å². The van der Waals surface area contributed by atoms with Crippen LogP contribution in [0.25, 0.3) is 0 Å². The molecule has 0 amide bonds. The van der Waals surface area contributed by atoms with Crippen molar-refractivity contribution in [2.75, 3.05) is 13.1 Å². The van der Waals surface area contributed by atoms with Gasteiger partial charge in [0.05, 0.1) is 0 Å². The standard InChI is InChI=1S/C6H10.C2H5N/c1-2-4-6-5-3-1;1-2-3-1/h1-2H,3-6H2;3H,1-2H2. The molecule has 0 aromatic rings. The average molecular weight is 125 g/mol. The van der Waals surface area contributed by atoms with Crippen LogP contribution in [0.1, 0.15) is 25.7 Å². The van der Waals surface area contributed by atoms with Crippen molar-refractivity contribution < 1.29 is 0 Å². The molecule has 1 nitrogen and oxygen atoms in total. The molecule has 9 heavy (non-hydrogen) atoms. The summed E-state index contributed by atoms with van der Waals surface area (Å²) in [6.07, 6.45) is 10.0. The van der Waals surface area contributed by atoms with Gasteiger partial charge in [-0.15, -0.1) is 0 Å². The Morgan fingerprint density at radius 1 is 0.889 bits per heavy atom. The van der Waals surface area contributed by atoms with Gasteiger partial charge in [0.25, 0.3) is 0 Å². The molecular weight excluding hydrogens is 110 g/mol. The smallest absolute Gasteiger partial charge is 0.00772 e. The van der Waals surface area contributed by atoms with Gasteiger partial charge in [0.2, 0.25) is 0 Å². The number of nitrogens with one attached hydrogen (secondary N) is 1. The first-order valence-corrected chi connectivity index (χ1v) is 3.86. The third-order valence-corrected chi connectivity index (χ3v) is 1.41. The zero-order valence-corrected chi connectivity index (χ0v) is 5.90. The van der Waals surface area contributed by atoms with Crippen molar-refractivity contribution >= 4 is 0 Å². The molecule has 2 rings (SSSR count). The molecule has 1 fully saturated rings. The van der Waals surface area contributed by atoms with Gasteiger partial charge in [-0.1, -0.05) is 12.2 Å². The molecule has 1 aliphatic carbocycles. The first-order valence-electron chi connectivity index (χ1n) is 3.86. The number of hydrogen-bond donors (Lipinski definition) is 1. The average Bonchev–Trinajstić information content (AvgIpc) is 2.76. The van der Waals surface area contributed by atoms with Crippen molar-refractivity contribution in [1.82, 2.24) is 5.32 Å². The number of allylic oxidation sites excluding steroid dienone is 2. The Morgan fingerprint density at radius 2 is 1.33 bits per heavy atom. The van der Waals surface area contributed by atoms with Crippen molar-refractivity contribution in [2.45, 2.75) is 25.7 Å². The van der Waals surface area contributed by atoms with E-state index in [2.05, 4.69) is 17.5 Å². The van der Waals surface area contributed by atoms with E-state index in [-0.39, 0.29) is 0 Å². The Balaban J connectivity index is 0.000000112. The normalized spacial score (nSPS) is 22.2. The van der Waals surface area contributed by atoms with Crippen LogP contribution in [0.3, 0.4) is 0 Å². The summed E-state index contributed by atoms with van der Waals surface area (Å²) < 4.78 is 0. The molecule has 1 N–H and O–H groups in total. The van der Waals surface area contributed by atoms with E-state index in [9.17, 15) is 0 Å². The zero-order chi connectivity index (χ0) is 6.36. The maximum absolute atomic E-state index is 3.00. The summed E-state index contributed by atoms with van der Waals surface area (Å²) in [4.78, 5) is 0. The molecule has 1 heteroatoms. The van der Waals surface area contributed by atoms with Gasteiger partial charge in [-0.05, 0) is 25.7 Å². The molecule has 0 bridgehead atoms. The van der Waals surface area contributed by atoms with Gasteiger partial charge < -0.3 is 5.32 Å². The van der Waals surface area contributed by atoms with Crippen LogP contribution in [0.2, 0.25) is 0 Å². The molecule has 2 aliphatic rings. The van der Waals surface area contributed by atoms with Crippen molar-refractivity contribution in [3.05, 3.63) is 12.2 Å². The molecule has 0 saturated carbocycles. The van der Waals surface area contributed by atoms with E-state index in [0.29, 0.717) is 0 Å². The van der Waals surface area contributed by atoms with Gasteiger partial charge in [-0.2, -0.15) is 0 Å². The SMILES string of the molecule is C1=CCCCC1.C1CN1. The van der Waals surface area contributed by atoms with Gasteiger partial charge in [0.15, 0.2) is 0 Å². The molecule has 1 heterocycles. The fraction of sp³-hybridized carbons (Fsp3) is 0.750. The summed E-state index contributed by atoms with van der Waals surface area (Å²) in [5.41, 5.74) is 0. The van der Waals surface area contributed by atoms with Gasteiger partial charge in [0.1, 0.15) is 0 Å². The zero-order valence-electron chi connectivity index (χ0n) is 5.90. The van der Waals surface area contributed by atoms with Crippen LogP contribution >= 0.6 is 0 Å². The second-order valence-electron chi connectivity index (χ2n) is 2.51. The van der Waals surface area contributed by atoms with Gasteiger partial charge in [-0.3, -0.25) is 0 Å². The molecule has 1 saturated heterocycles. The predicted octanol–water partition coefficient (Wildman–Crippen LogP) is 1.71. The number of rotatable bonds is 0. The predicted molar refractivity (Wildman–Crippen MR) is 40.5 cm³/mol. The van der Waals surface area contributed by atoms with E-state index < -0.39 is 0 Å². The quantitative estimate of drug-likeness (QED) is 0.386. The topological polar surface area (TPSA) is 21.9 Å². The summed E-state index contributed by atoms with van der Waals surface area (Å²) in [6.45, 7) is 2.50. The van der Waals surface area contributed by atoms with Crippen LogP contribution in [0.15, 0.2) is 12.2 Å². The third-order valence-electron chi connectivity index (χ3n) is 1.41. The molecule has 0 aromatic carbocycles. The third kappa shape index (κ3) is 5.57. The molecule has 0 spiro atoms. The Labute approximate surface area is 57.1 Å². The molecule has 52 valence electrons. The molecular formula is C8H15N. The maximum Gasteiger partial charge on any atom is 0.00772 e. The van der Waals surface area contributed by atoms with Gasteiger partial charge in [0, 0.05) is 13.1 Å². The summed E-state index contributed by atoms with van der Waals surface area (Å²) in [5, 5.41) is 3.00. The lowest BCUT2D eigenvalue weighted by molar-refractivity contribution is 0.730. The first kappa shape index (κ1) is 6.81. The Morgan fingerprint density at radius 3 is 1.44 bits per heavy atom. The highest BCUT2D eigenvalue weighted by Gasteiger charge is 1.91. The van der Waals surface area contributed by atoms with E-state index >= 15 is 0 Å². The maximum atomic E-state index is 3.00. The van der Waals surface area contributed by atoms with Crippen molar-refractivity contribution in [3.63, 3.8) is 0 Å². The van der Waals surface area contributed by atoms with Gasteiger partial charge in [-0.25, -0.2) is 0 Å². The van der Waals surface area contributed by atoms with Crippen molar-refractivity contribution in [1.29, 1.82) is 0 Å². The minimum atomic E-state index is 1.25. The highest BCUT2D eigenvalue weighted by Crippen LogP contribution is 2.07. The van der Waals surface area contributed by atoms with Gasteiger partial charge >= 0.3 is 0 Å². The second kappa shape index (κ2) is 4.57. The molecule has 0 radical (unpaired) electrons. The van der Waals surface area contributed by atoms with E-state index in [4.69, 9.17) is 0 Å². The molecule has 0 aromatic heterocycles. The fourth-order valence-electron chi connectivity index (χ4n) is 0.760. The van der Waals surface area contributed by atoms with Crippen LogP contribution < -0.4 is 5.32 Å². The minimum Gasteiger partial charge on any atom is -0.314 e. The van der Waals surface area contributed by atoms with Crippen LogP contribution in [-0.2, 0) is 0 Å². The monoisotopic (exact) mass is 125 g/mol. The van der Waals surface area contributed by atoms with E-state index in [1.807, 2.05) is 0 Å². The molecule has 0 atom stereocenters. The first-order chi connectivity index (χ1) is 4.50. The molecule has 1 aliphatic heterocycles. The fourth-order valence-corrected chi connectivity index (χ4v) is 0.760. The Kier molecular flexibility index (Phi) is 3.46. The summed E-state index contributed by atoms with van der Waals surface area (Å²) >= 11 is 0. The van der Waals surface area contributed by atoms with Crippen LogP contribution in [0, 0.1) is 0 Å². The lowest BCUT2D eigenvalue weighted by atomic mass is 10.1. The second-order valence-corrected chi connectivity index (χ2v) is 2.51. The number of hydrogen-bond acceptors (Lipinski definition) is 1. The lowest BCUT2D eigenvalue weighted by Gasteiger charge is -1.97. The Bertz CT molecular complexity index is 73.8. The van der Waals surface area contributed by atoms with Crippen molar-refractivity contribution in [3.8, 4) is 0 Å². The van der Waals surface area contributed by atoms with Crippen LogP contribution in [0.4, 0.5) is 0 Å². The van der Waals surface area contributed by atoms with Crippen LogP contribution in [0.5, 0.6) is 0 Å². The summed E-state index contributed by atoms with van der Waals surface area (Å²) in [5.74, 6) is 0. The highest BCUT2D eigenvalue weighted by molar-refractivity contribution is 4.85. The highest BCUT2D eigenvalue weighted by atomic mass is 15.0. The van der Waals surface area contributed by atoms with E-state index in [1.165, 1.54) is 38.8 Å². The lowest BCUT2D eigenvalue weighted by Crippen LogP contribution is -1.77. The summed E-state index contributed by atoms with van der Waals surface area (Å²) in [7, 11) is 0. The van der Waals surface area contributed by atoms with Crippen LogP contribution in [-0.4, -0.2) is 13.1 Å². The Hall–Kier alpha value is -0.300. The minimum absolute atomic E-state index is 1.25. The largest absolute Gasteiger partial charge is 0.314 e. The summed E-state index contributed by atoms with van der Waals surface area (Å²) in [6, 6.07) is 0. The van der Waals surface area contributed by atoms with E-state index in [1.54, 1.807) is 0 Å². The van der Waals surface area contributed by atoms with Crippen molar-refractivity contribution in [2.24, 2.45) is 0 Å². The molecule has 0 unspecified atom stereocenters.